The first kappa shape index (κ1) is 24.4. The summed E-state index contributed by atoms with van der Waals surface area (Å²) in [6.07, 6.45) is 1.93. The van der Waals surface area contributed by atoms with Crippen molar-refractivity contribution in [2.45, 2.75) is 38.6 Å². The minimum atomic E-state index is -0.348. The number of methoxy groups -OCH3 is 1. The van der Waals surface area contributed by atoms with Crippen molar-refractivity contribution in [3.63, 3.8) is 0 Å². The quantitative estimate of drug-likeness (QED) is 0.234. The number of carbonyl (C=O) groups is 1. The van der Waals surface area contributed by atoms with E-state index in [1.807, 2.05) is 91.0 Å². The standard InChI is InChI=1S/C32H30O5/c1-34-27-15-12-23(13-16-27)14-17-28-18-26-19-29(35-21-24-8-4-2-5-9-24)20-30(31(26)32(33)37-28)36-22-25-10-6-3-7-11-25/h2-13,15-16,19-20,28H,14,17-18,21-22H2,1H3. The molecule has 1 unspecified atom stereocenters. The Labute approximate surface area is 217 Å². The number of aryl methyl sites for hydroxylation is 1. The maximum absolute atomic E-state index is 13.2. The number of hydrogen-bond acceptors (Lipinski definition) is 5. The van der Waals surface area contributed by atoms with Gasteiger partial charge in [0.2, 0.25) is 0 Å². The van der Waals surface area contributed by atoms with E-state index in [2.05, 4.69) is 0 Å². The van der Waals surface area contributed by atoms with Gasteiger partial charge in [-0.1, -0.05) is 72.8 Å². The maximum Gasteiger partial charge on any atom is 0.342 e. The summed E-state index contributed by atoms with van der Waals surface area (Å²) in [6, 6.07) is 31.6. The SMILES string of the molecule is COc1ccc(CCC2Cc3cc(OCc4ccccc4)cc(OCc4ccccc4)c3C(=O)O2)cc1. The number of cyclic esters (lactones) is 1. The average molecular weight is 495 g/mol. The lowest BCUT2D eigenvalue weighted by molar-refractivity contribution is 0.0232. The van der Waals surface area contributed by atoms with Gasteiger partial charge in [0.05, 0.1) is 7.11 Å². The van der Waals surface area contributed by atoms with Crippen LogP contribution in [0.1, 0.15) is 39.0 Å². The van der Waals surface area contributed by atoms with E-state index >= 15 is 0 Å². The fourth-order valence-corrected chi connectivity index (χ4v) is 4.49. The largest absolute Gasteiger partial charge is 0.497 e. The molecule has 4 aromatic rings. The molecule has 5 nitrogen and oxygen atoms in total. The number of hydrogen-bond donors (Lipinski definition) is 0. The normalized spacial score (nSPS) is 14.4. The van der Waals surface area contributed by atoms with Crippen molar-refractivity contribution < 1.29 is 23.7 Å². The Balaban J connectivity index is 1.35. The van der Waals surface area contributed by atoms with Crippen LogP contribution in [0.5, 0.6) is 17.2 Å². The highest BCUT2D eigenvalue weighted by Crippen LogP contribution is 2.35. The number of carbonyl (C=O) groups excluding carboxylic acids is 1. The van der Waals surface area contributed by atoms with Crippen LogP contribution < -0.4 is 14.2 Å². The molecule has 0 saturated heterocycles. The van der Waals surface area contributed by atoms with Crippen LogP contribution in [0.2, 0.25) is 0 Å². The average Bonchev–Trinajstić information content (AvgIpc) is 2.95. The lowest BCUT2D eigenvalue weighted by atomic mass is 9.94. The molecule has 0 radical (unpaired) electrons. The molecular weight excluding hydrogens is 464 g/mol. The molecule has 1 aliphatic heterocycles. The summed E-state index contributed by atoms with van der Waals surface area (Å²) in [4.78, 5) is 13.2. The minimum absolute atomic E-state index is 0.214. The van der Waals surface area contributed by atoms with Crippen molar-refractivity contribution in [2.24, 2.45) is 0 Å². The topological polar surface area (TPSA) is 54.0 Å². The molecule has 0 N–H and O–H groups in total. The molecule has 0 saturated carbocycles. The molecule has 1 atom stereocenters. The summed E-state index contributed by atoms with van der Waals surface area (Å²) in [7, 11) is 1.66. The first-order chi connectivity index (χ1) is 18.2. The number of esters is 1. The van der Waals surface area contributed by atoms with Crippen LogP contribution in [0.15, 0.2) is 97.1 Å². The van der Waals surface area contributed by atoms with E-state index in [1.54, 1.807) is 13.2 Å². The van der Waals surface area contributed by atoms with Crippen LogP contribution in [0, 0.1) is 0 Å². The number of rotatable bonds is 10. The Morgan fingerprint density at radius 2 is 1.41 bits per heavy atom. The molecule has 0 aliphatic carbocycles. The third kappa shape index (κ3) is 6.31. The summed E-state index contributed by atoms with van der Waals surface area (Å²) in [5.74, 6) is 1.64. The minimum Gasteiger partial charge on any atom is -0.497 e. The first-order valence-corrected chi connectivity index (χ1v) is 12.5. The number of ether oxygens (including phenoxy) is 4. The number of benzene rings is 4. The van der Waals surface area contributed by atoms with Gasteiger partial charge in [0.15, 0.2) is 0 Å². The molecule has 0 bridgehead atoms. The molecule has 5 heteroatoms. The Hall–Kier alpha value is -4.25. The highest BCUT2D eigenvalue weighted by molar-refractivity contribution is 5.95. The van der Waals surface area contributed by atoms with Crippen molar-refractivity contribution in [2.75, 3.05) is 7.11 Å². The fourth-order valence-electron chi connectivity index (χ4n) is 4.49. The Kier molecular flexibility index (Phi) is 7.70. The summed E-state index contributed by atoms with van der Waals surface area (Å²) in [5, 5.41) is 0. The highest BCUT2D eigenvalue weighted by Gasteiger charge is 2.30. The van der Waals surface area contributed by atoms with Crippen LogP contribution >= 0.6 is 0 Å². The zero-order valence-corrected chi connectivity index (χ0v) is 20.9. The zero-order valence-electron chi connectivity index (χ0n) is 20.9. The second-order valence-corrected chi connectivity index (χ2v) is 9.12. The summed E-state index contributed by atoms with van der Waals surface area (Å²) in [6.45, 7) is 0.784. The Morgan fingerprint density at radius 3 is 2.05 bits per heavy atom. The molecule has 0 fully saturated rings. The molecule has 188 valence electrons. The van der Waals surface area contributed by atoms with E-state index in [1.165, 1.54) is 5.56 Å². The first-order valence-electron chi connectivity index (χ1n) is 12.5. The molecular formula is C32H30O5. The van der Waals surface area contributed by atoms with E-state index in [9.17, 15) is 4.79 Å². The maximum atomic E-state index is 13.2. The van der Waals surface area contributed by atoms with Gasteiger partial charge in [-0.15, -0.1) is 0 Å². The van der Waals surface area contributed by atoms with Crippen LogP contribution in [-0.2, 0) is 30.8 Å². The van der Waals surface area contributed by atoms with Crippen molar-refractivity contribution in [1.29, 1.82) is 0 Å². The van der Waals surface area contributed by atoms with Gasteiger partial charge in [0.1, 0.15) is 42.1 Å². The van der Waals surface area contributed by atoms with E-state index in [0.717, 1.165) is 35.3 Å². The highest BCUT2D eigenvalue weighted by atomic mass is 16.5. The van der Waals surface area contributed by atoms with Gasteiger partial charge in [-0.05, 0) is 53.3 Å². The lowest BCUT2D eigenvalue weighted by Crippen LogP contribution is -2.28. The monoisotopic (exact) mass is 494 g/mol. The molecule has 4 aromatic carbocycles. The summed E-state index contributed by atoms with van der Waals surface area (Å²) >= 11 is 0. The van der Waals surface area contributed by atoms with Gasteiger partial charge in [-0.3, -0.25) is 0 Å². The van der Waals surface area contributed by atoms with E-state index in [4.69, 9.17) is 18.9 Å². The molecule has 0 amide bonds. The van der Waals surface area contributed by atoms with Gasteiger partial charge >= 0.3 is 5.97 Å². The second-order valence-electron chi connectivity index (χ2n) is 9.12. The van der Waals surface area contributed by atoms with Crippen LogP contribution in [0.25, 0.3) is 0 Å². The van der Waals surface area contributed by atoms with Crippen LogP contribution in [-0.4, -0.2) is 19.2 Å². The molecule has 1 aliphatic rings. The molecule has 0 aromatic heterocycles. The van der Waals surface area contributed by atoms with E-state index in [0.29, 0.717) is 36.7 Å². The lowest BCUT2D eigenvalue weighted by Gasteiger charge is -2.27. The molecule has 5 rings (SSSR count). The third-order valence-corrected chi connectivity index (χ3v) is 6.48. The van der Waals surface area contributed by atoms with Crippen molar-refractivity contribution in [1.82, 2.24) is 0 Å². The predicted molar refractivity (Wildman–Crippen MR) is 142 cm³/mol. The molecule has 0 spiro atoms. The van der Waals surface area contributed by atoms with Crippen LogP contribution in [0.4, 0.5) is 0 Å². The van der Waals surface area contributed by atoms with E-state index < -0.39 is 0 Å². The third-order valence-electron chi connectivity index (χ3n) is 6.48. The summed E-state index contributed by atoms with van der Waals surface area (Å²) < 4.78 is 23.4. The van der Waals surface area contributed by atoms with Gasteiger partial charge in [0.25, 0.3) is 0 Å². The fraction of sp³-hybridized carbons (Fsp3) is 0.219. The smallest absolute Gasteiger partial charge is 0.342 e. The van der Waals surface area contributed by atoms with E-state index in [-0.39, 0.29) is 12.1 Å². The van der Waals surface area contributed by atoms with Crippen molar-refractivity contribution in [3.05, 3.63) is 125 Å². The van der Waals surface area contributed by atoms with Crippen LogP contribution in [0.3, 0.4) is 0 Å². The Morgan fingerprint density at radius 1 is 0.757 bits per heavy atom. The zero-order chi connectivity index (χ0) is 25.5. The van der Waals surface area contributed by atoms with Crippen molar-refractivity contribution in [3.8, 4) is 17.2 Å². The molecule has 37 heavy (non-hydrogen) atoms. The number of fused-ring (bicyclic) bond motifs is 1. The second kappa shape index (κ2) is 11.7. The molecule has 1 heterocycles. The van der Waals surface area contributed by atoms with Gasteiger partial charge in [-0.25, -0.2) is 4.79 Å². The van der Waals surface area contributed by atoms with Gasteiger partial charge in [-0.2, -0.15) is 0 Å². The van der Waals surface area contributed by atoms with Gasteiger partial charge < -0.3 is 18.9 Å². The van der Waals surface area contributed by atoms with Crippen molar-refractivity contribution >= 4 is 5.97 Å². The van der Waals surface area contributed by atoms with Gasteiger partial charge in [0, 0.05) is 12.5 Å². The predicted octanol–water partition coefficient (Wildman–Crippen LogP) is 6.57. The summed E-state index contributed by atoms with van der Waals surface area (Å²) in [5.41, 5.74) is 4.65. The Bertz CT molecular complexity index is 1320.